The fourth-order valence-corrected chi connectivity index (χ4v) is 7.97. The largest absolute Gasteiger partial charge is 0.381 e. The van der Waals surface area contributed by atoms with E-state index in [4.69, 9.17) is 4.74 Å². The van der Waals surface area contributed by atoms with Crippen molar-refractivity contribution in [2.45, 2.75) is 104 Å². The highest BCUT2D eigenvalue weighted by Crippen LogP contribution is 2.65. The molecule has 0 aliphatic heterocycles. The van der Waals surface area contributed by atoms with Crippen molar-refractivity contribution in [3.05, 3.63) is 0 Å². The lowest BCUT2D eigenvalue weighted by atomic mass is 9.43. The Bertz CT molecular complexity index is 418. The van der Waals surface area contributed by atoms with Crippen molar-refractivity contribution in [1.82, 2.24) is 0 Å². The van der Waals surface area contributed by atoms with Gasteiger partial charge in [-0.1, -0.05) is 46.5 Å². The van der Waals surface area contributed by atoms with Crippen LogP contribution in [0.3, 0.4) is 0 Å². The van der Waals surface area contributed by atoms with E-state index in [-0.39, 0.29) is 0 Å². The van der Waals surface area contributed by atoms with Crippen LogP contribution < -0.4 is 0 Å². The summed E-state index contributed by atoms with van der Waals surface area (Å²) in [4.78, 5) is 0. The molecule has 3 saturated carbocycles. The average Bonchev–Trinajstić information content (AvgIpc) is 2.60. The second kappa shape index (κ2) is 7.29. The molecule has 3 aliphatic rings. The van der Waals surface area contributed by atoms with E-state index in [1.54, 1.807) is 0 Å². The van der Waals surface area contributed by atoms with Crippen LogP contribution in [0.5, 0.6) is 0 Å². The molecule has 24 heavy (non-hydrogen) atoms. The van der Waals surface area contributed by atoms with E-state index in [0.717, 1.165) is 23.7 Å². The minimum Gasteiger partial charge on any atom is -0.381 e. The number of hydrogen-bond acceptors (Lipinski definition) is 1. The van der Waals surface area contributed by atoms with Gasteiger partial charge in [-0.25, -0.2) is 0 Å². The normalized spacial score (nSPS) is 46.9. The quantitative estimate of drug-likeness (QED) is 0.534. The highest BCUT2D eigenvalue weighted by Gasteiger charge is 2.57. The number of ether oxygens (including phenoxy) is 1. The Labute approximate surface area is 151 Å². The summed E-state index contributed by atoms with van der Waals surface area (Å²) in [5.74, 6) is 3.87. The van der Waals surface area contributed by atoms with Crippen molar-refractivity contribution >= 4 is 0 Å². The maximum absolute atomic E-state index is 5.99. The van der Waals surface area contributed by atoms with Crippen LogP contribution in [-0.4, -0.2) is 13.2 Å². The number of hydrogen-bond donors (Lipinski definition) is 0. The molecule has 0 saturated heterocycles. The molecule has 7 atom stereocenters. The van der Waals surface area contributed by atoms with Crippen LogP contribution in [-0.2, 0) is 4.74 Å². The summed E-state index contributed by atoms with van der Waals surface area (Å²) < 4.78 is 5.99. The Morgan fingerprint density at radius 1 is 1.04 bits per heavy atom. The molecule has 0 bridgehead atoms. The molecule has 0 aromatic rings. The molecular formula is C23H42O. The predicted molar refractivity (Wildman–Crippen MR) is 103 cm³/mol. The van der Waals surface area contributed by atoms with Gasteiger partial charge in [0.25, 0.3) is 0 Å². The molecule has 0 aromatic heterocycles. The van der Waals surface area contributed by atoms with E-state index in [1.807, 2.05) is 7.11 Å². The first-order valence-electron chi connectivity index (χ1n) is 11.1. The molecule has 1 heteroatoms. The first-order valence-corrected chi connectivity index (χ1v) is 11.1. The molecule has 3 aliphatic carbocycles. The standard InChI is InChI=1S/C23H42O/c1-6-14-23(17(3)24-5)16-13-21-19(20(23)7-2)12-11-18-10-8-9-15-22(18,21)4/h17-21H,6-16H2,1-5H3. The molecule has 0 amide bonds. The second-order valence-corrected chi connectivity index (χ2v) is 9.71. The summed E-state index contributed by atoms with van der Waals surface area (Å²) in [5, 5.41) is 0. The summed E-state index contributed by atoms with van der Waals surface area (Å²) >= 11 is 0. The Balaban J connectivity index is 1.91. The molecular weight excluding hydrogens is 292 g/mol. The van der Waals surface area contributed by atoms with Gasteiger partial charge in [0.15, 0.2) is 0 Å². The first-order chi connectivity index (χ1) is 11.5. The lowest BCUT2D eigenvalue weighted by Gasteiger charge is -2.62. The van der Waals surface area contributed by atoms with Gasteiger partial charge in [0.05, 0.1) is 6.10 Å². The van der Waals surface area contributed by atoms with Crippen LogP contribution in [0.15, 0.2) is 0 Å². The number of rotatable bonds is 5. The summed E-state index contributed by atoms with van der Waals surface area (Å²) in [7, 11) is 1.94. The van der Waals surface area contributed by atoms with Gasteiger partial charge in [-0.15, -0.1) is 0 Å². The fourth-order valence-electron chi connectivity index (χ4n) is 7.97. The third-order valence-corrected chi connectivity index (χ3v) is 9.16. The first kappa shape index (κ1) is 18.7. The van der Waals surface area contributed by atoms with E-state index < -0.39 is 0 Å². The zero-order valence-electron chi connectivity index (χ0n) is 17.1. The third kappa shape index (κ3) is 2.78. The lowest BCUT2D eigenvalue weighted by molar-refractivity contribution is -0.156. The summed E-state index contributed by atoms with van der Waals surface area (Å²) in [6.45, 7) is 9.90. The molecule has 0 spiro atoms. The molecule has 7 unspecified atom stereocenters. The van der Waals surface area contributed by atoms with Crippen LogP contribution >= 0.6 is 0 Å². The zero-order valence-corrected chi connectivity index (χ0v) is 17.1. The maximum atomic E-state index is 5.99. The summed E-state index contributed by atoms with van der Waals surface area (Å²) in [6.07, 6.45) is 16.4. The van der Waals surface area contributed by atoms with Gasteiger partial charge >= 0.3 is 0 Å². The van der Waals surface area contributed by atoms with Gasteiger partial charge in [-0.3, -0.25) is 0 Å². The Morgan fingerprint density at radius 3 is 2.50 bits per heavy atom. The topological polar surface area (TPSA) is 9.23 Å². The van der Waals surface area contributed by atoms with Crippen LogP contribution in [0.4, 0.5) is 0 Å². The van der Waals surface area contributed by atoms with Crippen LogP contribution in [0, 0.1) is 34.5 Å². The Kier molecular flexibility index (Phi) is 5.70. The van der Waals surface area contributed by atoms with Crippen molar-refractivity contribution in [3.63, 3.8) is 0 Å². The van der Waals surface area contributed by atoms with Gasteiger partial charge in [0, 0.05) is 7.11 Å². The minimum absolute atomic E-state index is 0.417. The molecule has 3 rings (SSSR count). The molecule has 0 heterocycles. The van der Waals surface area contributed by atoms with Crippen LogP contribution in [0.1, 0.15) is 98.3 Å². The van der Waals surface area contributed by atoms with E-state index in [2.05, 4.69) is 27.7 Å². The van der Waals surface area contributed by atoms with Crippen molar-refractivity contribution in [3.8, 4) is 0 Å². The van der Waals surface area contributed by atoms with Crippen molar-refractivity contribution < 1.29 is 4.74 Å². The highest BCUT2D eigenvalue weighted by atomic mass is 16.5. The van der Waals surface area contributed by atoms with Gasteiger partial charge in [-0.05, 0) is 86.4 Å². The van der Waals surface area contributed by atoms with Crippen molar-refractivity contribution in [2.24, 2.45) is 34.5 Å². The smallest absolute Gasteiger partial charge is 0.0602 e. The molecule has 1 nitrogen and oxygen atoms in total. The van der Waals surface area contributed by atoms with Crippen molar-refractivity contribution in [2.75, 3.05) is 7.11 Å². The van der Waals surface area contributed by atoms with Gasteiger partial charge in [0.2, 0.25) is 0 Å². The molecule has 0 radical (unpaired) electrons. The highest BCUT2D eigenvalue weighted by molar-refractivity contribution is 5.07. The average molecular weight is 335 g/mol. The van der Waals surface area contributed by atoms with E-state index >= 15 is 0 Å². The van der Waals surface area contributed by atoms with E-state index in [1.165, 1.54) is 70.6 Å². The fraction of sp³-hybridized carbons (Fsp3) is 1.00. The maximum Gasteiger partial charge on any atom is 0.0602 e. The monoisotopic (exact) mass is 334 g/mol. The SMILES string of the molecule is CCCC1(C(C)OC)CCC2C(CCC3CCCCC32C)C1CC. The molecule has 140 valence electrons. The Morgan fingerprint density at radius 2 is 1.83 bits per heavy atom. The number of methoxy groups -OCH3 is 1. The summed E-state index contributed by atoms with van der Waals surface area (Å²) in [5.41, 5.74) is 1.10. The predicted octanol–water partition coefficient (Wildman–Crippen LogP) is 6.85. The molecule has 0 N–H and O–H groups in total. The van der Waals surface area contributed by atoms with E-state index in [0.29, 0.717) is 16.9 Å². The lowest BCUT2D eigenvalue weighted by Crippen LogP contribution is -2.56. The Hall–Kier alpha value is -0.0400. The molecule has 0 aromatic carbocycles. The zero-order chi connectivity index (χ0) is 17.4. The van der Waals surface area contributed by atoms with Crippen LogP contribution in [0.2, 0.25) is 0 Å². The summed E-state index contributed by atoms with van der Waals surface area (Å²) in [6, 6.07) is 0. The van der Waals surface area contributed by atoms with Gasteiger partial charge in [-0.2, -0.15) is 0 Å². The second-order valence-electron chi connectivity index (χ2n) is 9.71. The number of fused-ring (bicyclic) bond motifs is 3. The van der Waals surface area contributed by atoms with Crippen molar-refractivity contribution in [1.29, 1.82) is 0 Å². The van der Waals surface area contributed by atoms with E-state index in [9.17, 15) is 0 Å². The van der Waals surface area contributed by atoms with Gasteiger partial charge in [0.1, 0.15) is 0 Å². The third-order valence-electron chi connectivity index (χ3n) is 9.16. The molecule has 3 fully saturated rings. The van der Waals surface area contributed by atoms with Gasteiger partial charge < -0.3 is 4.74 Å². The minimum atomic E-state index is 0.417. The van der Waals surface area contributed by atoms with Crippen LogP contribution in [0.25, 0.3) is 0 Å².